The SMILES string of the molecule is NC1=C(Cl)C(=O)O[C@H]1NC(=O)c1ccccc1. The van der Waals surface area contributed by atoms with Crippen molar-refractivity contribution in [1.82, 2.24) is 5.32 Å². The monoisotopic (exact) mass is 252 g/mol. The zero-order valence-corrected chi connectivity index (χ0v) is 9.40. The van der Waals surface area contributed by atoms with Gasteiger partial charge in [-0.1, -0.05) is 29.8 Å². The molecule has 0 spiro atoms. The van der Waals surface area contributed by atoms with Crippen LogP contribution >= 0.6 is 11.6 Å². The molecule has 1 aromatic rings. The Balaban J connectivity index is 2.09. The number of hydrogen-bond acceptors (Lipinski definition) is 4. The van der Waals surface area contributed by atoms with Crippen LogP contribution in [-0.4, -0.2) is 18.1 Å². The molecule has 0 unspecified atom stereocenters. The van der Waals surface area contributed by atoms with Gasteiger partial charge in [0.25, 0.3) is 5.91 Å². The van der Waals surface area contributed by atoms with Gasteiger partial charge in [-0.3, -0.25) is 4.79 Å². The molecule has 2 rings (SSSR count). The number of esters is 1. The van der Waals surface area contributed by atoms with E-state index in [0.29, 0.717) is 5.56 Å². The second kappa shape index (κ2) is 4.47. The molecule has 1 aliphatic heterocycles. The van der Waals surface area contributed by atoms with Crippen LogP contribution in [0.3, 0.4) is 0 Å². The molecule has 0 aliphatic carbocycles. The molecule has 0 aromatic heterocycles. The number of carbonyl (C=O) groups is 2. The predicted molar refractivity (Wildman–Crippen MR) is 60.9 cm³/mol. The summed E-state index contributed by atoms with van der Waals surface area (Å²) >= 11 is 5.57. The maximum Gasteiger partial charge on any atom is 0.354 e. The van der Waals surface area contributed by atoms with Crippen LogP contribution in [0.15, 0.2) is 41.1 Å². The van der Waals surface area contributed by atoms with Gasteiger partial charge in [0, 0.05) is 5.56 Å². The minimum atomic E-state index is -0.997. The van der Waals surface area contributed by atoms with E-state index < -0.39 is 18.1 Å². The first-order valence-corrected chi connectivity index (χ1v) is 5.19. The second-order valence-electron chi connectivity index (χ2n) is 3.39. The molecule has 0 bridgehead atoms. The highest BCUT2D eigenvalue weighted by atomic mass is 35.5. The van der Waals surface area contributed by atoms with E-state index in [1.54, 1.807) is 30.3 Å². The number of rotatable bonds is 2. The van der Waals surface area contributed by atoms with Crippen LogP contribution in [0.2, 0.25) is 0 Å². The number of cyclic esters (lactones) is 1. The van der Waals surface area contributed by atoms with Gasteiger partial charge in [0.2, 0.25) is 6.23 Å². The number of nitrogens with one attached hydrogen (secondary N) is 1. The molecule has 0 radical (unpaired) electrons. The van der Waals surface area contributed by atoms with Gasteiger partial charge >= 0.3 is 5.97 Å². The van der Waals surface area contributed by atoms with Crippen LogP contribution in [0.4, 0.5) is 0 Å². The summed E-state index contributed by atoms with van der Waals surface area (Å²) < 4.78 is 4.78. The second-order valence-corrected chi connectivity index (χ2v) is 3.77. The van der Waals surface area contributed by atoms with E-state index in [2.05, 4.69) is 5.32 Å². The van der Waals surface area contributed by atoms with E-state index in [1.165, 1.54) is 0 Å². The average molecular weight is 253 g/mol. The number of halogens is 1. The first kappa shape index (κ1) is 11.5. The molecule has 0 fully saturated rings. The van der Waals surface area contributed by atoms with Gasteiger partial charge in [-0.15, -0.1) is 0 Å². The first-order chi connectivity index (χ1) is 8.09. The van der Waals surface area contributed by atoms with Crippen LogP contribution in [0.1, 0.15) is 10.4 Å². The standard InChI is InChI=1S/C11H9ClN2O3/c12-7-8(13)10(17-11(7)16)14-9(15)6-4-2-1-3-5-6/h1-5,10H,13H2,(H,14,15)/t10-/m1/s1. The zero-order valence-electron chi connectivity index (χ0n) is 8.64. The molecule has 1 aromatic carbocycles. The first-order valence-electron chi connectivity index (χ1n) is 4.81. The van der Waals surface area contributed by atoms with Crippen LogP contribution in [0, 0.1) is 0 Å². The van der Waals surface area contributed by atoms with E-state index >= 15 is 0 Å². The maximum atomic E-state index is 11.7. The number of ether oxygens (including phenoxy) is 1. The van der Waals surface area contributed by atoms with Crippen LogP contribution < -0.4 is 11.1 Å². The molecule has 88 valence electrons. The Hall–Kier alpha value is -2.01. The third-order valence-electron chi connectivity index (χ3n) is 2.24. The van der Waals surface area contributed by atoms with Gasteiger partial charge < -0.3 is 15.8 Å². The van der Waals surface area contributed by atoms with Crippen molar-refractivity contribution in [2.24, 2.45) is 5.73 Å². The average Bonchev–Trinajstić information content (AvgIpc) is 2.58. The van der Waals surface area contributed by atoms with Gasteiger partial charge in [-0.25, -0.2) is 4.79 Å². The van der Waals surface area contributed by atoms with Gasteiger partial charge in [0.1, 0.15) is 0 Å². The molecule has 6 heteroatoms. The number of hydrogen-bond donors (Lipinski definition) is 2. The lowest BCUT2D eigenvalue weighted by Crippen LogP contribution is -2.38. The molecule has 17 heavy (non-hydrogen) atoms. The fourth-order valence-corrected chi connectivity index (χ4v) is 1.50. The third-order valence-corrected chi connectivity index (χ3v) is 2.61. The topological polar surface area (TPSA) is 81.4 Å². The Labute approximate surface area is 102 Å². The van der Waals surface area contributed by atoms with Crippen molar-refractivity contribution < 1.29 is 14.3 Å². The van der Waals surface area contributed by atoms with Gasteiger partial charge in [-0.2, -0.15) is 0 Å². The highest BCUT2D eigenvalue weighted by molar-refractivity contribution is 6.42. The van der Waals surface area contributed by atoms with Crippen LogP contribution in [0.5, 0.6) is 0 Å². The minimum absolute atomic E-state index is 0.0148. The lowest BCUT2D eigenvalue weighted by Gasteiger charge is -2.12. The number of amides is 1. The number of nitrogens with two attached hydrogens (primary N) is 1. The van der Waals surface area contributed by atoms with Crippen molar-refractivity contribution in [2.45, 2.75) is 6.23 Å². The molecule has 3 N–H and O–H groups in total. The summed E-state index contributed by atoms with van der Waals surface area (Å²) in [5.74, 6) is -1.12. The summed E-state index contributed by atoms with van der Waals surface area (Å²) in [6.07, 6.45) is -0.997. The van der Waals surface area contributed by atoms with Gasteiger partial charge in [0.15, 0.2) is 5.03 Å². The molecule has 1 heterocycles. The molecular weight excluding hydrogens is 244 g/mol. The summed E-state index contributed by atoms with van der Waals surface area (Å²) in [7, 11) is 0. The highest BCUT2D eigenvalue weighted by Gasteiger charge is 2.32. The lowest BCUT2D eigenvalue weighted by molar-refractivity contribution is -0.139. The Bertz CT molecular complexity index is 499. The number of benzene rings is 1. The van der Waals surface area contributed by atoms with Crippen molar-refractivity contribution >= 4 is 23.5 Å². The summed E-state index contributed by atoms with van der Waals surface area (Å²) in [6.45, 7) is 0. The Morgan fingerprint density at radius 3 is 2.53 bits per heavy atom. The minimum Gasteiger partial charge on any atom is -0.431 e. The molecule has 1 aliphatic rings. The smallest absolute Gasteiger partial charge is 0.354 e. The van der Waals surface area contributed by atoms with E-state index in [0.717, 1.165) is 0 Å². The van der Waals surface area contributed by atoms with Crippen molar-refractivity contribution in [3.63, 3.8) is 0 Å². The molecular formula is C11H9ClN2O3. The maximum absolute atomic E-state index is 11.7. The Morgan fingerprint density at radius 1 is 1.35 bits per heavy atom. The fourth-order valence-electron chi connectivity index (χ4n) is 1.35. The molecule has 5 nitrogen and oxygen atoms in total. The molecule has 0 saturated heterocycles. The third kappa shape index (κ3) is 2.24. The Kier molecular flexibility index (Phi) is 3.01. The van der Waals surface area contributed by atoms with E-state index in [1.807, 2.05) is 0 Å². The summed E-state index contributed by atoms with van der Waals surface area (Å²) in [4.78, 5) is 22.8. The quantitative estimate of drug-likeness (QED) is 0.760. The van der Waals surface area contributed by atoms with Gasteiger partial charge in [0.05, 0.1) is 5.70 Å². The predicted octanol–water partition coefficient (Wildman–Crippen LogP) is 0.708. The van der Waals surface area contributed by atoms with Crippen molar-refractivity contribution in [1.29, 1.82) is 0 Å². The summed E-state index contributed by atoms with van der Waals surface area (Å²) in [5.41, 5.74) is 5.99. The zero-order chi connectivity index (χ0) is 12.4. The van der Waals surface area contributed by atoms with Crippen molar-refractivity contribution in [3.8, 4) is 0 Å². The molecule has 0 saturated carbocycles. The normalized spacial score (nSPS) is 19.1. The summed E-state index contributed by atoms with van der Waals surface area (Å²) in [6, 6.07) is 8.50. The van der Waals surface area contributed by atoms with Crippen molar-refractivity contribution in [3.05, 3.63) is 46.6 Å². The highest BCUT2D eigenvalue weighted by Crippen LogP contribution is 2.20. The van der Waals surface area contributed by atoms with Crippen LogP contribution in [0.25, 0.3) is 0 Å². The Morgan fingerprint density at radius 2 is 2.00 bits per heavy atom. The van der Waals surface area contributed by atoms with Crippen molar-refractivity contribution in [2.75, 3.05) is 0 Å². The van der Waals surface area contributed by atoms with Crippen LogP contribution in [-0.2, 0) is 9.53 Å². The van der Waals surface area contributed by atoms with E-state index in [9.17, 15) is 9.59 Å². The number of carbonyl (C=O) groups excluding carboxylic acids is 2. The van der Waals surface area contributed by atoms with E-state index in [4.69, 9.17) is 22.1 Å². The fraction of sp³-hybridized carbons (Fsp3) is 0.0909. The molecule has 1 atom stereocenters. The van der Waals surface area contributed by atoms with Gasteiger partial charge in [-0.05, 0) is 12.1 Å². The summed E-state index contributed by atoms with van der Waals surface area (Å²) in [5, 5.41) is 2.27. The lowest BCUT2D eigenvalue weighted by atomic mass is 10.2. The molecule has 1 amide bonds. The van der Waals surface area contributed by atoms with E-state index in [-0.39, 0.29) is 10.7 Å². The largest absolute Gasteiger partial charge is 0.431 e.